The predicted molar refractivity (Wildman–Crippen MR) is 81.0 cm³/mol. The summed E-state index contributed by atoms with van der Waals surface area (Å²) in [6.45, 7) is 0.593. The van der Waals surface area contributed by atoms with E-state index in [4.69, 9.17) is 17.3 Å². The minimum atomic E-state index is 0.182. The van der Waals surface area contributed by atoms with Crippen molar-refractivity contribution in [2.45, 2.75) is 44.2 Å². The maximum Gasteiger partial charge on any atom is 0.0458 e. The van der Waals surface area contributed by atoms with E-state index in [1.165, 1.54) is 32.1 Å². The Kier molecular flexibility index (Phi) is 5.49. The average molecular weight is 332 g/mol. The summed E-state index contributed by atoms with van der Waals surface area (Å²) in [5, 5.41) is 4.44. The van der Waals surface area contributed by atoms with E-state index in [-0.39, 0.29) is 6.04 Å². The van der Waals surface area contributed by atoms with E-state index in [0.717, 1.165) is 15.1 Å². The lowest BCUT2D eigenvalue weighted by atomic mass is 9.94. The molecule has 0 amide bonds. The van der Waals surface area contributed by atoms with Gasteiger partial charge in [0, 0.05) is 28.1 Å². The van der Waals surface area contributed by atoms with Crippen LogP contribution in [0.15, 0.2) is 22.7 Å². The molecular formula is C14H20BrClN2. The second-order valence-electron chi connectivity index (χ2n) is 4.96. The largest absolute Gasteiger partial charge is 0.329 e. The van der Waals surface area contributed by atoms with Gasteiger partial charge in [0.2, 0.25) is 0 Å². The molecule has 1 atom stereocenters. The van der Waals surface area contributed by atoms with Gasteiger partial charge in [-0.15, -0.1) is 0 Å². The standard InChI is InChI=1S/C14H20BrClN2/c15-13-7-6-10(16)8-12(13)14(9-17)18-11-4-2-1-3-5-11/h6-8,11,14,18H,1-5,9,17H2. The number of rotatable bonds is 4. The Hall–Kier alpha value is -0.0900. The molecule has 0 radical (unpaired) electrons. The Morgan fingerprint density at radius 1 is 1.33 bits per heavy atom. The van der Waals surface area contributed by atoms with Crippen LogP contribution >= 0.6 is 27.5 Å². The molecule has 1 fully saturated rings. The van der Waals surface area contributed by atoms with Crippen LogP contribution in [-0.4, -0.2) is 12.6 Å². The minimum absolute atomic E-state index is 0.182. The molecule has 18 heavy (non-hydrogen) atoms. The van der Waals surface area contributed by atoms with Crippen LogP contribution in [-0.2, 0) is 0 Å². The normalized spacial score (nSPS) is 18.8. The van der Waals surface area contributed by atoms with Gasteiger partial charge in [-0.05, 0) is 36.6 Å². The quantitative estimate of drug-likeness (QED) is 0.874. The van der Waals surface area contributed by atoms with Crippen molar-refractivity contribution in [2.24, 2.45) is 5.73 Å². The second-order valence-corrected chi connectivity index (χ2v) is 6.25. The van der Waals surface area contributed by atoms with Crippen molar-refractivity contribution < 1.29 is 0 Å². The molecule has 4 heteroatoms. The van der Waals surface area contributed by atoms with Gasteiger partial charge in [0.25, 0.3) is 0 Å². The van der Waals surface area contributed by atoms with E-state index in [2.05, 4.69) is 21.2 Å². The van der Waals surface area contributed by atoms with Crippen molar-refractivity contribution >= 4 is 27.5 Å². The van der Waals surface area contributed by atoms with Gasteiger partial charge in [0.05, 0.1) is 0 Å². The zero-order chi connectivity index (χ0) is 13.0. The summed E-state index contributed by atoms with van der Waals surface area (Å²) in [7, 11) is 0. The molecule has 1 aromatic rings. The van der Waals surface area contributed by atoms with E-state index in [0.29, 0.717) is 12.6 Å². The maximum atomic E-state index is 6.07. The van der Waals surface area contributed by atoms with Crippen LogP contribution in [0.2, 0.25) is 5.02 Å². The van der Waals surface area contributed by atoms with Gasteiger partial charge < -0.3 is 11.1 Å². The Morgan fingerprint density at radius 3 is 2.72 bits per heavy atom. The highest BCUT2D eigenvalue weighted by Gasteiger charge is 2.19. The second kappa shape index (κ2) is 6.90. The summed E-state index contributed by atoms with van der Waals surface area (Å²) in [5.41, 5.74) is 7.08. The molecule has 0 saturated heterocycles. The topological polar surface area (TPSA) is 38.0 Å². The van der Waals surface area contributed by atoms with E-state index < -0.39 is 0 Å². The smallest absolute Gasteiger partial charge is 0.0458 e. The monoisotopic (exact) mass is 330 g/mol. The first-order chi connectivity index (χ1) is 8.70. The summed E-state index contributed by atoms with van der Waals surface area (Å²) >= 11 is 9.65. The predicted octanol–water partition coefficient (Wildman–Crippen LogP) is 4.02. The highest BCUT2D eigenvalue weighted by Crippen LogP contribution is 2.28. The lowest BCUT2D eigenvalue weighted by molar-refractivity contribution is 0.340. The van der Waals surface area contributed by atoms with Gasteiger partial charge in [-0.2, -0.15) is 0 Å². The van der Waals surface area contributed by atoms with Gasteiger partial charge in [0.1, 0.15) is 0 Å². The molecule has 2 nitrogen and oxygen atoms in total. The fourth-order valence-corrected chi connectivity index (χ4v) is 3.32. The van der Waals surface area contributed by atoms with Gasteiger partial charge in [-0.3, -0.25) is 0 Å². The van der Waals surface area contributed by atoms with Crippen LogP contribution < -0.4 is 11.1 Å². The number of hydrogen-bond donors (Lipinski definition) is 2. The Bertz CT molecular complexity index is 391. The van der Waals surface area contributed by atoms with Crippen molar-refractivity contribution in [3.8, 4) is 0 Å². The van der Waals surface area contributed by atoms with Crippen LogP contribution in [0.1, 0.15) is 43.7 Å². The van der Waals surface area contributed by atoms with Crippen molar-refractivity contribution in [3.05, 3.63) is 33.3 Å². The van der Waals surface area contributed by atoms with Crippen molar-refractivity contribution in [1.82, 2.24) is 5.32 Å². The van der Waals surface area contributed by atoms with E-state index in [1.807, 2.05) is 18.2 Å². The summed E-state index contributed by atoms with van der Waals surface area (Å²) < 4.78 is 1.07. The van der Waals surface area contributed by atoms with Gasteiger partial charge in [-0.1, -0.05) is 46.8 Å². The lowest BCUT2D eigenvalue weighted by Gasteiger charge is -2.28. The van der Waals surface area contributed by atoms with Crippen LogP contribution in [0.3, 0.4) is 0 Å². The average Bonchev–Trinajstić information content (AvgIpc) is 2.40. The number of nitrogens with two attached hydrogens (primary N) is 1. The first-order valence-electron chi connectivity index (χ1n) is 6.62. The van der Waals surface area contributed by atoms with Crippen LogP contribution in [0.5, 0.6) is 0 Å². The zero-order valence-corrected chi connectivity index (χ0v) is 12.8. The molecule has 1 aromatic carbocycles. The third-order valence-electron chi connectivity index (χ3n) is 3.61. The molecule has 100 valence electrons. The third kappa shape index (κ3) is 3.70. The van der Waals surface area contributed by atoms with Crippen molar-refractivity contribution in [3.63, 3.8) is 0 Å². The molecule has 1 unspecified atom stereocenters. The Labute approximate surface area is 122 Å². The Balaban J connectivity index is 2.09. The van der Waals surface area contributed by atoms with Crippen LogP contribution in [0, 0.1) is 0 Å². The summed E-state index contributed by atoms with van der Waals surface area (Å²) in [6.07, 6.45) is 6.53. The molecule has 1 aliphatic carbocycles. The number of nitrogens with one attached hydrogen (secondary N) is 1. The summed E-state index contributed by atoms with van der Waals surface area (Å²) in [4.78, 5) is 0. The SMILES string of the molecule is NCC(NC1CCCCC1)c1cc(Cl)ccc1Br. The molecule has 1 saturated carbocycles. The summed E-state index contributed by atoms with van der Waals surface area (Å²) in [5.74, 6) is 0. The number of hydrogen-bond acceptors (Lipinski definition) is 2. The lowest BCUT2D eigenvalue weighted by Crippen LogP contribution is -2.38. The molecule has 0 aromatic heterocycles. The maximum absolute atomic E-state index is 6.07. The highest BCUT2D eigenvalue weighted by molar-refractivity contribution is 9.10. The molecule has 0 aliphatic heterocycles. The van der Waals surface area contributed by atoms with E-state index >= 15 is 0 Å². The third-order valence-corrected chi connectivity index (χ3v) is 4.57. The Morgan fingerprint density at radius 2 is 2.06 bits per heavy atom. The van der Waals surface area contributed by atoms with Gasteiger partial charge >= 0.3 is 0 Å². The summed E-state index contributed by atoms with van der Waals surface area (Å²) in [6, 6.07) is 6.66. The van der Waals surface area contributed by atoms with Crippen molar-refractivity contribution in [2.75, 3.05) is 6.54 Å². The first-order valence-corrected chi connectivity index (χ1v) is 7.79. The highest BCUT2D eigenvalue weighted by atomic mass is 79.9. The van der Waals surface area contributed by atoms with Crippen LogP contribution in [0.4, 0.5) is 0 Å². The number of benzene rings is 1. The minimum Gasteiger partial charge on any atom is -0.329 e. The van der Waals surface area contributed by atoms with Crippen LogP contribution in [0.25, 0.3) is 0 Å². The van der Waals surface area contributed by atoms with Gasteiger partial charge in [0.15, 0.2) is 0 Å². The fraction of sp³-hybridized carbons (Fsp3) is 0.571. The molecular weight excluding hydrogens is 312 g/mol. The molecule has 3 N–H and O–H groups in total. The molecule has 0 bridgehead atoms. The molecule has 0 heterocycles. The van der Waals surface area contributed by atoms with Crippen molar-refractivity contribution in [1.29, 1.82) is 0 Å². The van der Waals surface area contributed by atoms with E-state index in [1.54, 1.807) is 0 Å². The molecule has 0 spiro atoms. The van der Waals surface area contributed by atoms with Gasteiger partial charge in [-0.25, -0.2) is 0 Å². The number of halogens is 2. The van der Waals surface area contributed by atoms with E-state index in [9.17, 15) is 0 Å². The first kappa shape index (κ1) is 14.3. The zero-order valence-electron chi connectivity index (χ0n) is 10.5. The molecule has 1 aliphatic rings. The molecule has 2 rings (SSSR count). The fourth-order valence-electron chi connectivity index (χ4n) is 2.62.